The van der Waals surface area contributed by atoms with Crippen molar-refractivity contribution < 1.29 is 4.74 Å². The van der Waals surface area contributed by atoms with E-state index < -0.39 is 0 Å². The number of nitrogens with zero attached hydrogens (tertiary/aromatic N) is 3. The number of anilines is 2. The van der Waals surface area contributed by atoms with E-state index in [2.05, 4.69) is 44.6 Å². The molecule has 2 atom stereocenters. The van der Waals surface area contributed by atoms with Gasteiger partial charge in [-0.15, -0.1) is 0 Å². The Morgan fingerprint density at radius 2 is 1.95 bits per heavy atom. The van der Waals surface area contributed by atoms with Crippen LogP contribution in [0.5, 0.6) is 0 Å². The molecule has 3 rings (SSSR count). The molecule has 0 aliphatic carbocycles. The molecule has 1 aromatic heterocycles. The fraction of sp³-hybridized carbons (Fsp3) is 0.429. The van der Waals surface area contributed by atoms with Crippen molar-refractivity contribution in [2.75, 3.05) is 23.7 Å². The molecule has 5 nitrogen and oxygen atoms in total. The van der Waals surface area contributed by atoms with Crippen LogP contribution in [-0.2, 0) is 4.74 Å². The van der Waals surface area contributed by atoms with Crippen LogP contribution in [0.1, 0.15) is 13.8 Å². The Balaban J connectivity index is 2.10. The molecule has 0 amide bonds. The summed E-state index contributed by atoms with van der Waals surface area (Å²) in [7, 11) is 0. The Hall–Kier alpha value is -1.40. The van der Waals surface area contributed by atoms with Crippen molar-refractivity contribution in [1.29, 1.82) is 0 Å². The Morgan fingerprint density at radius 1 is 1.25 bits per heavy atom. The second kappa shape index (κ2) is 5.18. The smallest absolute Gasteiger partial charge is 0.222 e. The van der Waals surface area contributed by atoms with E-state index in [0.29, 0.717) is 5.95 Å². The standard InChI is InChI=1S/C14H17BrN4O/c1-8-6-19(7-9(2)20-8)13-11-4-3-10(15)5-12(11)17-14(16)18-13/h3-5,8-9H,6-7H2,1-2H3,(H2,16,17,18)/t8-,9-/m1/s1. The molecule has 0 radical (unpaired) electrons. The van der Waals surface area contributed by atoms with E-state index in [4.69, 9.17) is 10.5 Å². The number of rotatable bonds is 1. The molecule has 0 bridgehead atoms. The highest BCUT2D eigenvalue weighted by molar-refractivity contribution is 9.10. The number of benzene rings is 1. The minimum atomic E-state index is 0.181. The summed E-state index contributed by atoms with van der Waals surface area (Å²) in [6, 6.07) is 5.99. The van der Waals surface area contributed by atoms with E-state index in [1.54, 1.807) is 0 Å². The molecule has 2 aromatic rings. The van der Waals surface area contributed by atoms with E-state index in [-0.39, 0.29) is 12.2 Å². The largest absolute Gasteiger partial charge is 0.372 e. The third-order valence-electron chi connectivity index (χ3n) is 3.38. The van der Waals surface area contributed by atoms with Crippen LogP contribution in [0.4, 0.5) is 11.8 Å². The lowest BCUT2D eigenvalue weighted by Gasteiger charge is -2.36. The molecule has 20 heavy (non-hydrogen) atoms. The maximum Gasteiger partial charge on any atom is 0.222 e. The quantitative estimate of drug-likeness (QED) is 0.867. The number of fused-ring (bicyclic) bond motifs is 1. The molecule has 2 heterocycles. The van der Waals surface area contributed by atoms with Crippen molar-refractivity contribution in [2.24, 2.45) is 0 Å². The van der Waals surface area contributed by atoms with Crippen LogP contribution in [0.2, 0.25) is 0 Å². The second-order valence-electron chi connectivity index (χ2n) is 5.23. The lowest BCUT2D eigenvalue weighted by Crippen LogP contribution is -2.46. The maximum atomic E-state index is 5.86. The Kier molecular flexibility index (Phi) is 3.52. The number of morpholine rings is 1. The highest BCUT2D eigenvalue weighted by atomic mass is 79.9. The number of hydrogen-bond acceptors (Lipinski definition) is 5. The van der Waals surface area contributed by atoms with Crippen molar-refractivity contribution in [1.82, 2.24) is 9.97 Å². The molecule has 1 fully saturated rings. The number of halogens is 1. The van der Waals surface area contributed by atoms with Gasteiger partial charge >= 0.3 is 0 Å². The number of nitrogen functional groups attached to an aromatic ring is 1. The number of aromatic nitrogens is 2. The van der Waals surface area contributed by atoms with Crippen molar-refractivity contribution in [3.8, 4) is 0 Å². The van der Waals surface area contributed by atoms with Gasteiger partial charge in [-0.2, -0.15) is 4.98 Å². The summed E-state index contributed by atoms with van der Waals surface area (Å²) in [6.07, 6.45) is 0.362. The van der Waals surface area contributed by atoms with E-state index in [1.807, 2.05) is 18.2 Å². The summed E-state index contributed by atoms with van der Waals surface area (Å²) in [4.78, 5) is 11.0. The molecule has 0 saturated carbocycles. The van der Waals surface area contributed by atoms with E-state index >= 15 is 0 Å². The molecular formula is C14H17BrN4O. The van der Waals surface area contributed by atoms with E-state index in [9.17, 15) is 0 Å². The van der Waals surface area contributed by atoms with Gasteiger partial charge in [0, 0.05) is 22.9 Å². The zero-order valence-corrected chi connectivity index (χ0v) is 13.1. The summed E-state index contributed by atoms with van der Waals surface area (Å²) in [5, 5.41) is 1.02. The van der Waals surface area contributed by atoms with Crippen LogP contribution in [-0.4, -0.2) is 35.3 Å². The van der Waals surface area contributed by atoms with Gasteiger partial charge in [0.15, 0.2) is 0 Å². The summed E-state index contributed by atoms with van der Waals surface area (Å²) >= 11 is 3.46. The minimum Gasteiger partial charge on any atom is -0.372 e. The molecular weight excluding hydrogens is 320 g/mol. The van der Waals surface area contributed by atoms with E-state index in [0.717, 1.165) is 34.3 Å². The predicted molar refractivity (Wildman–Crippen MR) is 83.9 cm³/mol. The highest BCUT2D eigenvalue weighted by Crippen LogP contribution is 2.29. The van der Waals surface area contributed by atoms with Crippen LogP contribution < -0.4 is 10.6 Å². The Labute approximate surface area is 126 Å². The van der Waals surface area contributed by atoms with Gasteiger partial charge in [-0.25, -0.2) is 4.98 Å². The van der Waals surface area contributed by atoms with Gasteiger partial charge < -0.3 is 15.4 Å². The average Bonchev–Trinajstić information content (AvgIpc) is 2.36. The van der Waals surface area contributed by atoms with Crippen LogP contribution in [0.3, 0.4) is 0 Å². The van der Waals surface area contributed by atoms with Gasteiger partial charge in [-0.05, 0) is 32.0 Å². The maximum absolute atomic E-state index is 5.86. The molecule has 0 spiro atoms. The average molecular weight is 337 g/mol. The first-order valence-corrected chi connectivity index (χ1v) is 7.45. The first-order chi connectivity index (χ1) is 9.52. The molecule has 6 heteroatoms. The normalized spacial score (nSPS) is 23.2. The third kappa shape index (κ3) is 2.58. The van der Waals surface area contributed by atoms with Crippen LogP contribution in [0, 0.1) is 0 Å². The summed E-state index contributed by atoms with van der Waals surface area (Å²) in [5.74, 6) is 1.19. The van der Waals surface area contributed by atoms with Gasteiger partial charge in [-0.3, -0.25) is 0 Å². The summed E-state index contributed by atoms with van der Waals surface area (Å²) in [5.41, 5.74) is 6.71. The number of ether oxygens (including phenoxy) is 1. The van der Waals surface area contributed by atoms with Crippen LogP contribution in [0.25, 0.3) is 10.9 Å². The van der Waals surface area contributed by atoms with Crippen molar-refractivity contribution in [3.05, 3.63) is 22.7 Å². The fourth-order valence-corrected chi connectivity index (χ4v) is 3.04. The van der Waals surface area contributed by atoms with Gasteiger partial charge in [0.2, 0.25) is 5.95 Å². The zero-order chi connectivity index (χ0) is 14.3. The second-order valence-corrected chi connectivity index (χ2v) is 6.14. The van der Waals surface area contributed by atoms with Crippen molar-refractivity contribution in [2.45, 2.75) is 26.1 Å². The predicted octanol–water partition coefficient (Wildman–Crippen LogP) is 2.59. The molecule has 2 N–H and O–H groups in total. The molecule has 1 aliphatic heterocycles. The van der Waals surface area contributed by atoms with Gasteiger partial charge in [0.25, 0.3) is 0 Å². The fourth-order valence-electron chi connectivity index (χ4n) is 2.70. The number of hydrogen-bond donors (Lipinski definition) is 1. The first kappa shape index (κ1) is 13.6. The monoisotopic (exact) mass is 336 g/mol. The van der Waals surface area contributed by atoms with Gasteiger partial charge in [0.05, 0.1) is 17.7 Å². The minimum absolute atomic E-state index is 0.181. The zero-order valence-electron chi connectivity index (χ0n) is 11.5. The van der Waals surface area contributed by atoms with Crippen molar-refractivity contribution in [3.63, 3.8) is 0 Å². The number of nitrogens with two attached hydrogens (primary N) is 1. The van der Waals surface area contributed by atoms with Gasteiger partial charge in [-0.1, -0.05) is 15.9 Å². The molecule has 106 valence electrons. The Morgan fingerprint density at radius 3 is 2.65 bits per heavy atom. The topological polar surface area (TPSA) is 64.3 Å². The van der Waals surface area contributed by atoms with Crippen LogP contribution in [0.15, 0.2) is 22.7 Å². The Bertz CT molecular complexity index is 633. The lowest BCUT2D eigenvalue weighted by atomic mass is 10.2. The van der Waals surface area contributed by atoms with E-state index in [1.165, 1.54) is 0 Å². The highest BCUT2D eigenvalue weighted by Gasteiger charge is 2.25. The van der Waals surface area contributed by atoms with Crippen LogP contribution >= 0.6 is 15.9 Å². The molecule has 1 saturated heterocycles. The van der Waals surface area contributed by atoms with Gasteiger partial charge in [0.1, 0.15) is 5.82 Å². The summed E-state index contributed by atoms with van der Waals surface area (Å²) in [6.45, 7) is 5.77. The lowest BCUT2D eigenvalue weighted by molar-refractivity contribution is -0.00536. The molecule has 0 unspecified atom stereocenters. The molecule has 1 aromatic carbocycles. The third-order valence-corrected chi connectivity index (χ3v) is 3.87. The molecule has 1 aliphatic rings. The SMILES string of the molecule is C[C@@H]1CN(c2nc(N)nc3cc(Br)ccc23)C[C@@H](C)O1. The van der Waals surface area contributed by atoms with Crippen molar-refractivity contribution >= 4 is 38.6 Å². The first-order valence-electron chi connectivity index (χ1n) is 6.66. The summed E-state index contributed by atoms with van der Waals surface area (Å²) < 4.78 is 6.76.